The van der Waals surface area contributed by atoms with Gasteiger partial charge >= 0.3 is 5.63 Å². The monoisotopic (exact) mass is 312 g/mol. The van der Waals surface area contributed by atoms with Crippen LogP contribution >= 0.6 is 11.8 Å². The Balaban J connectivity index is 1.91. The second-order valence-corrected chi connectivity index (χ2v) is 5.82. The zero-order valence-electron chi connectivity index (χ0n) is 11.0. The van der Waals surface area contributed by atoms with Crippen LogP contribution in [0.5, 0.6) is 0 Å². The van der Waals surface area contributed by atoms with Crippen molar-refractivity contribution < 1.29 is 9.21 Å². The van der Waals surface area contributed by atoms with E-state index in [1.54, 1.807) is 30.5 Å². The van der Waals surface area contributed by atoms with Crippen LogP contribution in [0.25, 0.3) is 11.0 Å². The molecule has 0 fully saturated rings. The lowest BCUT2D eigenvalue weighted by molar-refractivity contribution is 0.100. The standard InChI is InChI=1S/C14H8N4O3S/c15-11-8(5-16-18-11)22-13-9-6-3-1-2-4-7(6)21-14(20)10(9)12(19)17-13/h1-5,8H,(H2,15,18). The minimum Gasteiger partial charge on any atom is -0.422 e. The van der Waals surface area contributed by atoms with E-state index in [0.29, 0.717) is 27.4 Å². The van der Waals surface area contributed by atoms with Crippen molar-refractivity contribution in [3.8, 4) is 0 Å². The average Bonchev–Trinajstić information content (AvgIpc) is 3.04. The molecular weight excluding hydrogens is 304 g/mol. The first-order valence-electron chi connectivity index (χ1n) is 6.37. The van der Waals surface area contributed by atoms with Gasteiger partial charge in [0.15, 0.2) is 0 Å². The third-order valence-corrected chi connectivity index (χ3v) is 4.49. The Morgan fingerprint density at radius 1 is 1.18 bits per heavy atom. The number of nitrogens with zero attached hydrogens (tertiary/aromatic N) is 3. The van der Waals surface area contributed by atoms with E-state index in [4.69, 9.17) is 10.2 Å². The van der Waals surface area contributed by atoms with Crippen LogP contribution in [0, 0.1) is 0 Å². The lowest BCUT2D eigenvalue weighted by Crippen LogP contribution is -2.25. The van der Waals surface area contributed by atoms with Gasteiger partial charge in [0.2, 0.25) is 0 Å². The van der Waals surface area contributed by atoms with Crippen molar-refractivity contribution in [1.82, 2.24) is 0 Å². The van der Waals surface area contributed by atoms with E-state index in [-0.39, 0.29) is 10.8 Å². The van der Waals surface area contributed by atoms with Gasteiger partial charge in [-0.1, -0.05) is 30.0 Å². The number of rotatable bonds is 1. The molecule has 0 bridgehead atoms. The molecule has 2 N–H and O–H groups in total. The summed E-state index contributed by atoms with van der Waals surface area (Å²) in [5, 5.41) is 8.27. The maximum atomic E-state index is 12.0. The van der Waals surface area contributed by atoms with E-state index < -0.39 is 11.5 Å². The number of thioether (sulfide) groups is 1. The molecule has 8 heteroatoms. The summed E-state index contributed by atoms with van der Waals surface area (Å²) in [6.45, 7) is 0. The first kappa shape index (κ1) is 13.0. The lowest BCUT2D eigenvalue weighted by Gasteiger charge is -2.08. The molecule has 22 heavy (non-hydrogen) atoms. The van der Waals surface area contributed by atoms with Crippen LogP contribution in [-0.2, 0) is 0 Å². The van der Waals surface area contributed by atoms with Crippen molar-refractivity contribution in [1.29, 1.82) is 0 Å². The maximum Gasteiger partial charge on any atom is 0.350 e. The van der Waals surface area contributed by atoms with Gasteiger partial charge in [0, 0.05) is 17.2 Å². The molecule has 2 aliphatic rings. The Kier molecular flexibility index (Phi) is 2.73. The topological polar surface area (TPSA) is 110 Å². The summed E-state index contributed by atoms with van der Waals surface area (Å²) in [6, 6.07) is 7.02. The number of benzene rings is 1. The molecule has 108 valence electrons. The highest BCUT2D eigenvalue weighted by Gasteiger charge is 2.33. The smallest absolute Gasteiger partial charge is 0.350 e. The number of carbonyl (C=O) groups excluding carboxylic acids is 1. The highest BCUT2D eigenvalue weighted by molar-refractivity contribution is 8.16. The fourth-order valence-electron chi connectivity index (χ4n) is 2.36. The zero-order valence-corrected chi connectivity index (χ0v) is 11.8. The van der Waals surface area contributed by atoms with Gasteiger partial charge in [-0.3, -0.25) is 4.79 Å². The molecule has 0 saturated heterocycles. The zero-order chi connectivity index (χ0) is 15.3. The van der Waals surface area contributed by atoms with Crippen molar-refractivity contribution >= 4 is 45.7 Å². The van der Waals surface area contributed by atoms with Crippen LogP contribution in [0.2, 0.25) is 0 Å². The number of nitrogens with two attached hydrogens (primary N) is 1. The molecule has 0 aliphatic carbocycles. The van der Waals surface area contributed by atoms with E-state index in [9.17, 15) is 9.59 Å². The maximum absolute atomic E-state index is 12.0. The largest absolute Gasteiger partial charge is 0.422 e. The fourth-order valence-corrected chi connectivity index (χ4v) is 3.35. The summed E-state index contributed by atoms with van der Waals surface area (Å²) in [4.78, 5) is 28.1. The molecule has 1 atom stereocenters. The second-order valence-electron chi connectivity index (χ2n) is 4.69. The lowest BCUT2D eigenvalue weighted by atomic mass is 10.1. The van der Waals surface area contributed by atoms with Crippen LogP contribution in [0.15, 0.2) is 48.7 Å². The molecule has 0 radical (unpaired) electrons. The van der Waals surface area contributed by atoms with E-state index in [0.717, 1.165) is 0 Å². The summed E-state index contributed by atoms with van der Waals surface area (Å²) in [5.74, 6) is -0.261. The molecule has 2 aliphatic heterocycles. The highest BCUT2D eigenvalue weighted by atomic mass is 32.2. The molecule has 1 aromatic heterocycles. The van der Waals surface area contributed by atoms with E-state index in [1.165, 1.54) is 11.8 Å². The van der Waals surface area contributed by atoms with Crippen molar-refractivity contribution in [3.05, 3.63) is 45.8 Å². The van der Waals surface area contributed by atoms with Crippen LogP contribution in [0.4, 0.5) is 0 Å². The normalized spacial score (nSPS) is 19.5. The molecule has 3 heterocycles. The fraction of sp³-hybridized carbons (Fsp3) is 0.0714. The summed E-state index contributed by atoms with van der Waals surface area (Å²) >= 11 is 1.24. The average molecular weight is 312 g/mol. The Morgan fingerprint density at radius 3 is 2.77 bits per heavy atom. The number of carbonyl (C=O) groups is 1. The quantitative estimate of drug-likeness (QED) is 0.794. The predicted octanol–water partition coefficient (Wildman–Crippen LogP) is 1.15. The van der Waals surface area contributed by atoms with Gasteiger partial charge in [0.1, 0.15) is 27.3 Å². The van der Waals surface area contributed by atoms with Crippen molar-refractivity contribution in [2.24, 2.45) is 20.9 Å². The van der Waals surface area contributed by atoms with Crippen molar-refractivity contribution in [3.63, 3.8) is 0 Å². The molecule has 1 amide bonds. The van der Waals surface area contributed by atoms with Crippen LogP contribution in [0.1, 0.15) is 15.9 Å². The summed E-state index contributed by atoms with van der Waals surface area (Å²) in [6.07, 6.45) is 1.57. The molecule has 4 rings (SSSR count). The molecule has 0 saturated carbocycles. The summed E-state index contributed by atoms with van der Waals surface area (Å²) in [5.41, 5.74) is 5.93. The molecule has 0 spiro atoms. The number of hydrogen-bond donors (Lipinski definition) is 1. The second kappa shape index (κ2) is 4.63. The third-order valence-electron chi connectivity index (χ3n) is 3.35. The Morgan fingerprint density at radius 2 is 2.00 bits per heavy atom. The summed E-state index contributed by atoms with van der Waals surface area (Å²) in [7, 11) is 0. The van der Waals surface area contributed by atoms with Crippen LogP contribution in [0.3, 0.4) is 0 Å². The predicted molar refractivity (Wildman–Crippen MR) is 84.8 cm³/mol. The molecule has 7 nitrogen and oxygen atoms in total. The molecular formula is C14H8N4O3S. The number of fused-ring (bicyclic) bond motifs is 3. The van der Waals surface area contributed by atoms with E-state index in [2.05, 4.69) is 15.2 Å². The molecule has 2 aromatic rings. The first-order valence-corrected chi connectivity index (χ1v) is 7.25. The minimum absolute atomic E-state index is 0.0355. The van der Waals surface area contributed by atoms with Gasteiger partial charge in [-0.25, -0.2) is 9.79 Å². The molecule has 1 aromatic carbocycles. The molecule has 1 unspecified atom stereocenters. The number of amides is 1. The third kappa shape index (κ3) is 1.81. The Hall–Kier alpha value is -2.74. The van der Waals surface area contributed by atoms with Gasteiger partial charge in [0.25, 0.3) is 5.91 Å². The minimum atomic E-state index is -0.681. The van der Waals surface area contributed by atoms with Crippen molar-refractivity contribution in [2.75, 3.05) is 0 Å². The van der Waals surface area contributed by atoms with Gasteiger partial charge in [-0.15, -0.1) is 5.10 Å². The van der Waals surface area contributed by atoms with E-state index >= 15 is 0 Å². The van der Waals surface area contributed by atoms with E-state index in [1.807, 2.05) is 0 Å². The number of amidine groups is 1. The number of aliphatic imine (C=N–C) groups is 1. The van der Waals surface area contributed by atoms with Gasteiger partial charge in [-0.05, 0) is 6.07 Å². The first-order chi connectivity index (χ1) is 10.6. The van der Waals surface area contributed by atoms with Crippen LogP contribution in [-0.4, -0.2) is 28.3 Å². The van der Waals surface area contributed by atoms with Crippen LogP contribution < -0.4 is 11.4 Å². The summed E-state index contributed by atoms with van der Waals surface area (Å²) < 4.78 is 5.18. The number of hydrogen-bond acceptors (Lipinski definition) is 7. The van der Waals surface area contributed by atoms with Gasteiger partial charge < -0.3 is 10.2 Å². The SMILES string of the molecule is NC1=NN=CC1SC1=NC(=O)c2c1c1ccccc1oc2=O. The Bertz CT molecular complexity index is 974. The van der Waals surface area contributed by atoms with Gasteiger partial charge in [-0.2, -0.15) is 5.10 Å². The highest BCUT2D eigenvalue weighted by Crippen LogP contribution is 2.31. The van der Waals surface area contributed by atoms with Gasteiger partial charge in [0.05, 0.1) is 0 Å². The Labute approximate surface area is 127 Å². The number of para-hydroxylation sites is 1. The van der Waals surface area contributed by atoms with Crippen molar-refractivity contribution in [2.45, 2.75) is 5.25 Å².